The smallest absolute Gasteiger partial charge is 0.223 e. The fourth-order valence-corrected chi connectivity index (χ4v) is 6.02. The lowest BCUT2D eigenvalue weighted by Gasteiger charge is -2.26. The highest BCUT2D eigenvalue weighted by atomic mass is 35.5. The summed E-state index contributed by atoms with van der Waals surface area (Å²) in [6.07, 6.45) is 2.29. The number of aromatic nitrogens is 3. The Bertz CT molecular complexity index is 1500. The van der Waals surface area contributed by atoms with E-state index < -0.39 is 0 Å². The van der Waals surface area contributed by atoms with Crippen molar-refractivity contribution in [1.82, 2.24) is 24.8 Å². The van der Waals surface area contributed by atoms with E-state index in [4.69, 9.17) is 16.6 Å². The normalized spacial score (nSPS) is 15.2. The van der Waals surface area contributed by atoms with Gasteiger partial charge in [0.1, 0.15) is 10.8 Å². The highest BCUT2D eigenvalue weighted by molar-refractivity contribution is 7.09. The Morgan fingerprint density at radius 2 is 2.00 bits per heavy atom. The van der Waals surface area contributed by atoms with Gasteiger partial charge in [-0.2, -0.15) is 0 Å². The monoisotopic (exact) mass is 564 g/mol. The number of imidazole rings is 1. The number of hydrogen-bond acceptors (Lipinski definition) is 6. The van der Waals surface area contributed by atoms with Gasteiger partial charge in [0.2, 0.25) is 11.8 Å². The number of halogens is 1. The molecule has 0 bridgehead atoms. The van der Waals surface area contributed by atoms with E-state index in [2.05, 4.69) is 38.0 Å². The van der Waals surface area contributed by atoms with E-state index in [9.17, 15) is 9.59 Å². The van der Waals surface area contributed by atoms with Crippen molar-refractivity contribution in [2.75, 3.05) is 25.5 Å². The van der Waals surface area contributed by atoms with E-state index >= 15 is 0 Å². The predicted molar refractivity (Wildman–Crippen MR) is 156 cm³/mol. The number of carbonyl (C=O) groups is 2. The van der Waals surface area contributed by atoms with E-state index in [0.717, 1.165) is 58.2 Å². The number of amides is 2. The molecule has 0 radical (unpaired) electrons. The van der Waals surface area contributed by atoms with Gasteiger partial charge in [0.15, 0.2) is 0 Å². The zero-order valence-electron chi connectivity index (χ0n) is 22.5. The minimum absolute atomic E-state index is 0.0301. The van der Waals surface area contributed by atoms with E-state index in [1.54, 1.807) is 0 Å². The van der Waals surface area contributed by atoms with Gasteiger partial charge >= 0.3 is 0 Å². The highest BCUT2D eigenvalue weighted by Crippen LogP contribution is 2.34. The fourth-order valence-electron chi connectivity index (χ4n) is 5.13. The molecule has 0 aliphatic carbocycles. The number of thiazole rings is 1. The van der Waals surface area contributed by atoms with Crippen LogP contribution in [-0.4, -0.2) is 51.9 Å². The number of nitrogens with one attached hydrogen (secondary N) is 1. The molecule has 2 aromatic heterocycles. The van der Waals surface area contributed by atoms with Gasteiger partial charge in [-0.1, -0.05) is 23.7 Å². The summed E-state index contributed by atoms with van der Waals surface area (Å²) < 4.78 is 2.09. The van der Waals surface area contributed by atoms with E-state index in [0.29, 0.717) is 18.1 Å². The van der Waals surface area contributed by atoms with E-state index in [-0.39, 0.29) is 30.7 Å². The van der Waals surface area contributed by atoms with Crippen LogP contribution in [0.2, 0.25) is 5.02 Å². The van der Waals surface area contributed by atoms with Crippen LogP contribution in [0.4, 0.5) is 5.69 Å². The lowest BCUT2D eigenvalue weighted by molar-refractivity contribution is -0.134. The van der Waals surface area contributed by atoms with Gasteiger partial charge in [0.25, 0.3) is 0 Å². The molecular formula is C29H33ClN6O2S. The molecule has 1 atom stereocenters. The lowest BCUT2D eigenvalue weighted by atomic mass is 10.0. The Morgan fingerprint density at radius 1 is 1.15 bits per heavy atom. The molecule has 1 unspecified atom stereocenters. The summed E-state index contributed by atoms with van der Waals surface area (Å²) >= 11 is 7.70. The number of benzene rings is 2. The van der Waals surface area contributed by atoms with Crippen LogP contribution in [0.15, 0.2) is 47.8 Å². The molecule has 5 rings (SSSR count). The van der Waals surface area contributed by atoms with Crippen LogP contribution < -0.4 is 10.2 Å². The van der Waals surface area contributed by atoms with Gasteiger partial charge in [-0.3, -0.25) is 9.59 Å². The Balaban J connectivity index is 1.12. The molecule has 2 amide bonds. The summed E-state index contributed by atoms with van der Waals surface area (Å²) in [5.74, 6) is 0.782. The van der Waals surface area contributed by atoms with Crippen molar-refractivity contribution < 1.29 is 9.59 Å². The summed E-state index contributed by atoms with van der Waals surface area (Å²) in [6.45, 7) is 3.62. The van der Waals surface area contributed by atoms with Gasteiger partial charge in [0, 0.05) is 49.6 Å². The van der Waals surface area contributed by atoms with Crippen LogP contribution in [-0.2, 0) is 22.7 Å². The van der Waals surface area contributed by atoms with Crippen molar-refractivity contribution in [1.29, 1.82) is 0 Å². The summed E-state index contributed by atoms with van der Waals surface area (Å²) in [7, 11) is 4.03. The molecule has 1 aliphatic rings. The third-order valence-electron chi connectivity index (χ3n) is 7.17. The highest BCUT2D eigenvalue weighted by Gasteiger charge is 2.30. The number of nitrogens with zero attached hydrogens (tertiary/aromatic N) is 5. The maximum Gasteiger partial charge on any atom is 0.223 e. The minimum Gasteiger partial charge on any atom is -0.378 e. The topological polar surface area (TPSA) is 83.4 Å². The quantitative estimate of drug-likeness (QED) is 0.297. The third kappa shape index (κ3) is 6.25. The number of anilines is 1. The fraction of sp³-hybridized carbons (Fsp3) is 0.379. The summed E-state index contributed by atoms with van der Waals surface area (Å²) in [5.41, 5.74) is 5.04. The van der Waals surface area contributed by atoms with Gasteiger partial charge in [0.05, 0.1) is 35.9 Å². The molecule has 1 aliphatic heterocycles. The van der Waals surface area contributed by atoms with Crippen LogP contribution in [0, 0.1) is 6.92 Å². The molecule has 4 aromatic rings. The molecule has 2 aromatic carbocycles. The standard InChI is InChI=1S/C29H33ClN6O2S/c1-19-32-24-10-9-21(30)15-26(24)36(19)17-22-18-39-28(33-22)16-31-27(37)11-12-29(38)35-13-5-8-25(35)20-6-4-7-23(14-20)34(2)3/h4,6-7,9-10,14-15,18,25H,5,8,11-13,16-17H2,1-3H3,(H,31,37). The summed E-state index contributed by atoms with van der Waals surface area (Å²) in [4.78, 5) is 38.9. The summed E-state index contributed by atoms with van der Waals surface area (Å²) in [6, 6.07) is 14.1. The van der Waals surface area contributed by atoms with Crippen LogP contribution in [0.5, 0.6) is 0 Å². The number of aryl methyl sites for hydroxylation is 1. The first-order valence-electron chi connectivity index (χ1n) is 13.2. The van der Waals surface area contributed by atoms with Crippen LogP contribution >= 0.6 is 22.9 Å². The minimum atomic E-state index is -0.142. The van der Waals surface area contributed by atoms with Crippen molar-refractivity contribution in [3.63, 3.8) is 0 Å². The average molecular weight is 565 g/mol. The predicted octanol–water partition coefficient (Wildman–Crippen LogP) is 5.33. The van der Waals surface area contributed by atoms with Crippen LogP contribution in [0.25, 0.3) is 11.0 Å². The molecule has 0 spiro atoms. The summed E-state index contributed by atoms with van der Waals surface area (Å²) in [5, 5.41) is 6.42. The Labute approximate surface area is 237 Å². The van der Waals surface area contributed by atoms with Crippen molar-refractivity contribution >= 4 is 51.5 Å². The molecule has 1 fully saturated rings. The van der Waals surface area contributed by atoms with Crippen molar-refractivity contribution in [2.24, 2.45) is 0 Å². The second-order valence-corrected chi connectivity index (χ2v) is 11.5. The van der Waals surface area contributed by atoms with Crippen molar-refractivity contribution in [2.45, 2.75) is 51.7 Å². The number of fused-ring (bicyclic) bond motifs is 1. The SMILES string of the molecule is Cc1nc2ccc(Cl)cc2n1Cc1csc(CNC(=O)CCC(=O)N2CCCC2c2cccc(N(C)C)c2)n1. The largest absolute Gasteiger partial charge is 0.378 e. The van der Waals surface area contributed by atoms with E-state index in [1.165, 1.54) is 11.3 Å². The Kier molecular flexibility index (Phi) is 8.18. The Hall–Kier alpha value is -3.43. The van der Waals surface area contributed by atoms with Crippen LogP contribution in [0.3, 0.4) is 0 Å². The number of likely N-dealkylation sites (tertiary alicyclic amines) is 1. The molecule has 204 valence electrons. The van der Waals surface area contributed by atoms with Gasteiger partial charge < -0.3 is 19.7 Å². The number of rotatable bonds is 9. The molecule has 0 saturated carbocycles. The van der Waals surface area contributed by atoms with Gasteiger partial charge in [-0.25, -0.2) is 9.97 Å². The first kappa shape index (κ1) is 27.1. The molecule has 8 nitrogen and oxygen atoms in total. The zero-order valence-corrected chi connectivity index (χ0v) is 24.1. The Morgan fingerprint density at radius 3 is 2.82 bits per heavy atom. The zero-order chi connectivity index (χ0) is 27.5. The number of hydrogen-bond donors (Lipinski definition) is 1. The van der Waals surface area contributed by atoms with Crippen LogP contribution in [0.1, 0.15) is 53.8 Å². The third-order valence-corrected chi connectivity index (χ3v) is 8.30. The second kappa shape index (κ2) is 11.8. The molecule has 1 saturated heterocycles. The van der Waals surface area contributed by atoms with Crippen molar-refractivity contribution in [3.8, 4) is 0 Å². The van der Waals surface area contributed by atoms with E-state index in [1.807, 2.05) is 55.6 Å². The van der Waals surface area contributed by atoms with Gasteiger partial charge in [-0.05, 0) is 55.7 Å². The molecule has 1 N–H and O–H groups in total. The molecule has 39 heavy (non-hydrogen) atoms. The second-order valence-electron chi connectivity index (χ2n) is 10.1. The lowest BCUT2D eigenvalue weighted by Crippen LogP contribution is -2.32. The van der Waals surface area contributed by atoms with Gasteiger partial charge in [-0.15, -0.1) is 11.3 Å². The number of carbonyl (C=O) groups excluding carboxylic acids is 2. The maximum absolute atomic E-state index is 13.0. The first-order valence-corrected chi connectivity index (χ1v) is 14.4. The first-order chi connectivity index (χ1) is 18.8. The molecular weight excluding hydrogens is 532 g/mol. The maximum atomic E-state index is 13.0. The van der Waals surface area contributed by atoms with Crippen molar-refractivity contribution in [3.05, 3.63) is 75.0 Å². The molecule has 10 heteroatoms. The molecule has 3 heterocycles. The average Bonchev–Trinajstić information content (AvgIpc) is 3.66.